The van der Waals surface area contributed by atoms with Crippen molar-refractivity contribution >= 4 is 29.4 Å². The standard InChI is InChI=1S/C18H20BN3O5S/c1-13(2)12-22(18-16-5-3-4-6-17(16)28(25,26)21-18)20-11-14-7-9-15(10-8-14)27-19(23)24/h3-11,13,23-24H,12H2,1-2H3/b20-11+. The van der Waals surface area contributed by atoms with Crippen LogP contribution in [-0.2, 0) is 10.0 Å². The molecule has 0 spiro atoms. The lowest BCUT2D eigenvalue weighted by atomic mass is 10.1. The van der Waals surface area contributed by atoms with Crippen LogP contribution in [0.3, 0.4) is 0 Å². The minimum Gasteiger partial charge on any atom is -0.512 e. The molecule has 2 N–H and O–H groups in total. The molecule has 10 heteroatoms. The van der Waals surface area contributed by atoms with Crippen molar-refractivity contribution in [1.29, 1.82) is 0 Å². The number of sulfonamides is 1. The summed E-state index contributed by atoms with van der Waals surface area (Å²) in [4.78, 5) is 0.179. The van der Waals surface area contributed by atoms with E-state index in [4.69, 9.17) is 14.7 Å². The van der Waals surface area contributed by atoms with Gasteiger partial charge in [0.15, 0.2) is 5.84 Å². The average molecular weight is 401 g/mol. The van der Waals surface area contributed by atoms with Crippen LogP contribution in [0.2, 0.25) is 0 Å². The summed E-state index contributed by atoms with van der Waals surface area (Å²) in [6.07, 6.45) is 1.58. The highest BCUT2D eigenvalue weighted by molar-refractivity contribution is 7.90. The van der Waals surface area contributed by atoms with Gasteiger partial charge in [-0.2, -0.15) is 13.5 Å². The van der Waals surface area contributed by atoms with Crippen LogP contribution < -0.4 is 4.65 Å². The van der Waals surface area contributed by atoms with Crippen molar-refractivity contribution in [3.8, 4) is 5.75 Å². The van der Waals surface area contributed by atoms with Crippen LogP contribution in [0.4, 0.5) is 0 Å². The first kappa shape index (κ1) is 20.1. The fourth-order valence-electron chi connectivity index (χ4n) is 2.70. The smallest absolute Gasteiger partial charge is 0.512 e. The van der Waals surface area contributed by atoms with E-state index < -0.39 is 17.3 Å². The molecule has 0 fully saturated rings. The Balaban J connectivity index is 1.89. The number of rotatable bonds is 6. The number of benzene rings is 2. The number of hydrogen-bond donors (Lipinski definition) is 2. The second-order valence-electron chi connectivity index (χ2n) is 6.62. The molecule has 28 heavy (non-hydrogen) atoms. The largest absolute Gasteiger partial charge is 0.707 e. The molecule has 1 aliphatic rings. The molecule has 0 amide bonds. The highest BCUT2D eigenvalue weighted by Gasteiger charge is 2.31. The van der Waals surface area contributed by atoms with Crippen molar-refractivity contribution in [1.82, 2.24) is 5.01 Å². The van der Waals surface area contributed by atoms with Gasteiger partial charge in [-0.05, 0) is 47.9 Å². The van der Waals surface area contributed by atoms with Gasteiger partial charge in [-0.25, -0.2) is 5.01 Å². The van der Waals surface area contributed by atoms with Crippen LogP contribution in [0.25, 0.3) is 0 Å². The molecule has 0 aliphatic carbocycles. The van der Waals surface area contributed by atoms with Crippen molar-refractivity contribution < 1.29 is 23.1 Å². The number of fused-ring (bicyclic) bond motifs is 1. The first-order valence-electron chi connectivity index (χ1n) is 8.65. The molecular weight excluding hydrogens is 381 g/mol. The third kappa shape index (κ3) is 4.59. The van der Waals surface area contributed by atoms with Gasteiger partial charge in [0.05, 0.1) is 6.21 Å². The summed E-state index contributed by atoms with van der Waals surface area (Å²) < 4.78 is 33.4. The second-order valence-corrected chi connectivity index (χ2v) is 8.19. The van der Waals surface area contributed by atoms with Gasteiger partial charge in [-0.15, -0.1) is 4.40 Å². The molecule has 2 aromatic rings. The molecule has 8 nitrogen and oxygen atoms in total. The van der Waals surface area contributed by atoms with E-state index in [9.17, 15) is 8.42 Å². The minimum atomic E-state index is -3.73. The van der Waals surface area contributed by atoms with Gasteiger partial charge in [-0.1, -0.05) is 26.0 Å². The highest BCUT2D eigenvalue weighted by Crippen LogP contribution is 2.28. The van der Waals surface area contributed by atoms with Crippen LogP contribution in [0.15, 0.2) is 62.9 Å². The SMILES string of the molecule is CC(C)CN(/N=C/c1ccc(OB(O)O)cc1)C1=NS(=O)(=O)c2ccccc21. The Morgan fingerprint density at radius 2 is 1.86 bits per heavy atom. The molecule has 0 radical (unpaired) electrons. The molecule has 0 bridgehead atoms. The topological polar surface area (TPSA) is 112 Å². The van der Waals surface area contributed by atoms with E-state index in [-0.39, 0.29) is 10.8 Å². The van der Waals surface area contributed by atoms with Gasteiger partial charge in [0.2, 0.25) is 0 Å². The maximum atomic E-state index is 12.3. The number of nitrogens with zero attached hydrogens (tertiary/aromatic N) is 3. The van der Waals surface area contributed by atoms with Crippen LogP contribution in [-0.4, -0.2) is 49.4 Å². The van der Waals surface area contributed by atoms with E-state index in [1.807, 2.05) is 13.8 Å². The fourth-order valence-corrected chi connectivity index (χ4v) is 3.91. The van der Waals surface area contributed by atoms with Crippen LogP contribution >= 0.6 is 0 Å². The zero-order valence-electron chi connectivity index (χ0n) is 15.4. The predicted octanol–water partition coefficient (Wildman–Crippen LogP) is 1.48. The van der Waals surface area contributed by atoms with Crippen LogP contribution in [0.1, 0.15) is 25.0 Å². The zero-order chi connectivity index (χ0) is 20.3. The summed E-state index contributed by atoms with van der Waals surface area (Å²) in [7, 11) is -5.61. The summed E-state index contributed by atoms with van der Waals surface area (Å²) in [5.74, 6) is 0.812. The molecule has 1 aliphatic heterocycles. The van der Waals surface area contributed by atoms with Gasteiger partial charge >= 0.3 is 7.32 Å². The molecule has 0 atom stereocenters. The molecule has 3 rings (SSSR count). The third-order valence-electron chi connectivity index (χ3n) is 3.86. The molecule has 0 aromatic heterocycles. The number of hydrazone groups is 1. The Hall–Kier alpha value is -2.69. The normalized spacial score (nSPS) is 14.8. The lowest BCUT2D eigenvalue weighted by molar-refractivity contribution is 0.288. The first-order chi connectivity index (χ1) is 13.3. The summed E-state index contributed by atoms with van der Waals surface area (Å²) >= 11 is 0. The Bertz CT molecular complexity index is 1000. The third-order valence-corrected chi connectivity index (χ3v) is 5.19. The predicted molar refractivity (Wildman–Crippen MR) is 107 cm³/mol. The highest BCUT2D eigenvalue weighted by atomic mass is 32.2. The van der Waals surface area contributed by atoms with E-state index in [2.05, 4.69) is 9.50 Å². The van der Waals surface area contributed by atoms with E-state index in [1.165, 1.54) is 6.07 Å². The summed E-state index contributed by atoms with van der Waals surface area (Å²) in [6.45, 7) is 4.49. The van der Waals surface area contributed by atoms with Gasteiger partial charge in [0, 0.05) is 12.1 Å². The summed E-state index contributed by atoms with van der Waals surface area (Å²) in [6, 6.07) is 13.2. The quantitative estimate of drug-likeness (QED) is 0.431. The Morgan fingerprint density at radius 3 is 2.50 bits per heavy atom. The van der Waals surface area contributed by atoms with Crippen LogP contribution in [0.5, 0.6) is 5.75 Å². The van der Waals surface area contributed by atoms with Gasteiger partial charge in [0.1, 0.15) is 10.6 Å². The first-order valence-corrected chi connectivity index (χ1v) is 10.1. The van der Waals surface area contributed by atoms with Crippen molar-refractivity contribution in [2.75, 3.05) is 6.54 Å². The average Bonchev–Trinajstić information content (AvgIpc) is 2.91. The van der Waals surface area contributed by atoms with Crippen molar-refractivity contribution in [2.24, 2.45) is 15.4 Å². The molecular formula is C18H20BN3O5S. The van der Waals surface area contributed by atoms with Crippen molar-refractivity contribution in [3.63, 3.8) is 0 Å². The van der Waals surface area contributed by atoms with Gasteiger partial charge in [0.25, 0.3) is 10.0 Å². The monoisotopic (exact) mass is 401 g/mol. The lowest BCUT2D eigenvalue weighted by Gasteiger charge is -2.20. The zero-order valence-corrected chi connectivity index (χ0v) is 16.2. The van der Waals surface area contributed by atoms with E-state index in [0.29, 0.717) is 23.7 Å². The van der Waals surface area contributed by atoms with Gasteiger partial charge in [-0.3, -0.25) is 0 Å². The Morgan fingerprint density at radius 1 is 1.18 bits per heavy atom. The summed E-state index contributed by atoms with van der Waals surface area (Å²) in [5, 5.41) is 23.7. The molecule has 0 unspecified atom stereocenters. The minimum absolute atomic E-state index is 0.179. The molecule has 2 aromatic carbocycles. The Kier molecular flexibility index (Phi) is 5.83. The number of hydrogen-bond acceptors (Lipinski definition) is 7. The second kappa shape index (κ2) is 8.13. The Labute approximate surface area is 164 Å². The molecule has 0 saturated heterocycles. The summed E-state index contributed by atoms with van der Waals surface area (Å²) in [5.41, 5.74) is 1.25. The molecule has 146 valence electrons. The van der Waals surface area contributed by atoms with Crippen molar-refractivity contribution in [3.05, 3.63) is 59.7 Å². The maximum absolute atomic E-state index is 12.3. The van der Waals surface area contributed by atoms with E-state index in [1.54, 1.807) is 53.7 Å². The molecule has 1 heterocycles. The fraction of sp³-hybridized carbons (Fsp3) is 0.222. The van der Waals surface area contributed by atoms with Crippen LogP contribution in [0, 0.1) is 5.92 Å². The van der Waals surface area contributed by atoms with E-state index in [0.717, 1.165) is 5.56 Å². The lowest BCUT2D eigenvalue weighted by Crippen LogP contribution is -2.29. The van der Waals surface area contributed by atoms with E-state index >= 15 is 0 Å². The maximum Gasteiger partial charge on any atom is 0.707 e. The number of amidine groups is 1. The van der Waals surface area contributed by atoms with Gasteiger partial charge < -0.3 is 14.7 Å². The van der Waals surface area contributed by atoms with Crippen molar-refractivity contribution in [2.45, 2.75) is 18.7 Å². The molecule has 0 saturated carbocycles.